The van der Waals surface area contributed by atoms with Crippen molar-refractivity contribution in [1.82, 2.24) is 0 Å². The third kappa shape index (κ3) is 4.01. The summed E-state index contributed by atoms with van der Waals surface area (Å²) >= 11 is 6.72. The van der Waals surface area contributed by atoms with Crippen LogP contribution in [0.3, 0.4) is 0 Å². The highest BCUT2D eigenvalue weighted by molar-refractivity contribution is 9.13. The topological polar surface area (TPSA) is 34.4 Å². The monoisotopic (exact) mass is 387 g/mol. The highest BCUT2D eigenvalue weighted by atomic mass is 79.9. The number of para-hydroxylation sites is 2. The van der Waals surface area contributed by atoms with Gasteiger partial charge < -0.3 is 14.5 Å². The van der Waals surface area contributed by atoms with Gasteiger partial charge in [-0.3, -0.25) is 0 Å². The van der Waals surface area contributed by atoms with E-state index in [1.165, 1.54) is 0 Å². The molecule has 0 atom stereocenters. The Morgan fingerprint density at radius 2 is 2.05 bits per heavy atom. The Morgan fingerprint density at radius 3 is 2.74 bits per heavy atom. The second-order valence-electron chi connectivity index (χ2n) is 4.03. The molecular formula is C14H15Br2NO2. The molecule has 0 aliphatic carbocycles. The second-order valence-corrected chi connectivity index (χ2v) is 5.61. The van der Waals surface area contributed by atoms with E-state index < -0.39 is 0 Å². The molecule has 0 aliphatic heterocycles. The van der Waals surface area contributed by atoms with Gasteiger partial charge in [0.2, 0.25) is 0 Å². The van der Waals surface area contributed by atoms with Gasteiger partial charge in [-0.15, -0.1) is 0 Å². The van der Waals surface area contributed by atoms with Crippen molar-refractivity contribution in [3.8, 4) is 5.75 Å². The van der Waals surface area contributed by atoms with Gasteiger partial charge in [0.15, 0.2) is 4.67 Å². The van der Waals surface area contributed by atoms with Crippen LogP contribution >= 0.6 is 31.9 Å². The number of furan rings is 1. The van der Waals surface area contributed by atoms with Crippen molar-refractivity contribution in [3.63, 3.8) is 0 Å². The number of nitrogens with one attached hydrogen (secondary N) is 1. The van der Waals surface area contributed by atoms with E-state index in [2.05, 4.69) is 44.1 Å². The van der Waals surface area contributed by atoms with Crippen LogP contribution < -0.4 is 10.1 Å². The van der Waals surface area contributed by atoms with Gasteiger partial charge in [0.25, 0.3) is 0 Å². The quantitative estimate of drug-likeness (QED) is 0.737. The van der Waals surface area contributed by atoms with Crippen LogP contribution in [-0.4, -0.2) is 6.61 Å². The summed E-state index contributed by atoms with van der Waals surface area (Å²) in [6.07, 6.45) is 0.992. The first-order chi connectivity index (χ1) is 9.20. The molecule has 0 saturated heterocycles. The highest BCUT2D eigenvalue weighted by Gasteiger charge is 2.07. The zero-order valence-corrected chi connectivity index (χ0v) is 13.8. The average molecular weight is 389 g/mol. The standard InChI is InChI=1S/C14H15Br2NO2/c1-2-7-18-13-6-4-3-5-12(13)17-9-10-8-11(15)14(16)19-10/h3-6,8,17H,2,7,9H2,1H3. The van der Waals surface area contributed by atoms with Crippen LogP contribution in [0.5, 0.6) is 5.75 Å². The minimum atomic E-state index is 0.608. The van der Waals surface area contributed by atoms with E-state index in [1.54, 1.807) is 0 Å². The van der Waals surface area contributed by atoms with Gasteiger partial charge in [0.1, 0.15) is 11.5 Å². The summed E-state index contributed by atoms with van der Waals surface area (Å²) in [6.45, 7) is 3.42. The molecular weight excluding hydrogens is 374 g/mol. The van der Waals surface area contributed by atoms with Crippen molar-refractivity contribution in [3.05, 3.63) is 45.2 Å². The van der Waals surface area contributed by atoms with Gasteiger partial charge >= 0.3 is 0 Å². The fraction of sp³-hybridized carbons (Fsp3) is 0.286. The summed E-state index contributed by atoms with van der Waals surface area (Å²) in [5.74, 6) is 1.72. The van der Waals surface area contributed by atoms with E-state index in [0.29, 0.717) is 11.2 Å². The molecule has 0 aliphatic rings. The molecule has 0 radical (unpaired) electrons. The zero-order valence-electron chi connectivity index (χ0n) is 10.6. The van der Waals surface area contributed by atoms with Crippen molar-refractivity contribution in [1.29, 1.82) is 0 Å². The van der Waals surface area contributed by atoms with Crippen molar-refractivity contribution < 1.29 is 9.15 Å². The summed E-state index contributed by atoms with van der Waals surface area (Å²) in [7, 11) is 0. The van der Waals surface area contributed by atoms with E-state index in [9.17, 15) is 0 Å². The molecule has 0 saturated carbocycles. The first-order valence-corrected chi connectivity index (χ1v) is 7.68. The molecule has 2 rings (SSSR count). The smallest absolute Gasteiger partial charge is 0.183 e. The van der Waals surface area contributed by atoms with Crippen molar-refractivity contribution in [2.75, 3.05) is 11.9 Å². The predicted octanol–water partition coefficient (Wildman–Crippen LogP) is 5.21. The maximum atomic E-state index is 5.69. The summed E-state index contributed by atoms with van der Waals surface area (Å²) in [6, 6.07) is 9.85. The average Bonchev–Trinajstić information content (AvgIpc) is 2.74. The Bertz CT molecular complexity index is 520. The van der Waals surface area contributed by atoms with Gasteiger partial charge in [-0.2, -0.15) is 0 Å². The Morgan fingerprint density at radius 1 is 1.26 bits per heavy atom. The van der Waals surface area contributed by atoms with E-state index in [4.69, 9.17) is 9.15 Å². The zero-order chi connectivity index (χ0) is 13.7. The Balaban J connectivity index is 2.02. The van der Waals surface area contributed by atoms with Gasteiger partial charge in [-0.05, 0) is 56.5 Å². The summed E-state index contributed by atoms with van der Waals surface area (Å²) < 4.78 is 12.8. The molecule has 1 heterocycles. The van der Waals surface area contributed by atoms with Crippen LogP contribution in [0.15, 0.2) is 43.9 Å². The van der Waals surface area contributed by atoms with Gasteiger partial charge in [0, 0.05) is 0 Å². The molecule has 3 nitrogen and oxygen atoms in total. The number of hydrogen-bond donors (Lipinski definition) is 1. The Labute approximate surface area is 129 Å². The largest absolute Gasteiger partial charge is 0.491 e. The van der Waals surface area contributed by atoms with Gasteiger partial charge in [-0.25, -0.2) is 0 Å². The molecule has 102 valence electrons. The molecule has 0 bridgehead atoms. The number of ether oxygens (including phenoxy) is 1. The highest BCUT2D eigenvalue weighted by Crippen LogP contribution is 2.28. The Kier molecular flexibility index (Phi) is 5.34. The number of halogens is 2. The molecule has 1 aromatic carbocycles. The van der Waals surface area contributed by atoms with E-state index in [0.717, 1.165) is 34.7 Å². The van der Waals surface area contributed by atoms with Crippen LogP contribution in [0.2, 0.25) is 0 Å². The normalized spacial score (nSPS) is 10.5. The first-order valence-electron chi connectivity index (χ1n) is 6.10. The molecule has 0 unspecified atom stereocenters. The lowest BCUT2D eigenvalue weighted by Gasteiger charge is -2.11. The lowest BCUT2D eigenvalue weighted by Crippen LogP contribution is -2.02. The summed E-state index contributed by atoms with van der Waals surface area (Å²) in [5, 5.41) is 3.32. The molecule has 0 spiro atoms. The fourth-order valence-electron chi connectivity index (χ4n) is 1.61. The van der Waals surface area contributed by atoms with Gasteiger partial charge in [-0.1, -0.05) is 19.1 Å². The van der Waals surface area contributed by atoms with Crippen LogP contribution in [0.4, 0.5) is 5.69 Å². The molecule has 1 aromatic heterocycles. The van der Waals surface area contributed by atoms with Gasteiger partial charge in [0.05, 0.1) is 23.3 Å². The van der Waals surface area contributed by atoms with Crippen LogP contribution in [-0.2, 0) is 6.54 Å². The summed E-state index contributed by atoms with van der Waals surface area (Å²) in [5.41, 5.74) is 0.972. The molecule has 19 heavy (non-hydrogen) atoms. The van der Waals surface area contributed by atoms with Crippen LogP contribution in [0.25, 0.3) is 0 Å². The van der Waals surface area contributed by atoms with Crippen molar-refractivity contribution in [2.45, 2.75) is 19.9 Å². The molecule has 1 N–H and O–H groups in total. The third-order valence-corrected chi connectivity index (χ3v) is 4.21. The van der Waals surface area contributed by atoms with Crippen molar-refractivity contribution >= 4 is 37.5 Å². The van der Waals surface area contributed by atoms with E-state index >= 15 is 0 Å². The summed E-state index contributed by atoms with van der Waals surface area (Å²) in [4.78, 5) is 0. The maximum absolute atomic E-state index is 5.69. The lowest BCUT2D eigenvalue weighted by molar-refractivity contribution is 0.318. The SMILES string of the molecule is CCCOc1ccccc1NCc1cc(Br)c(Br)o1. The molecule has 0 amide bonds. The lowest BCUT2D eigenvalue weighted by atomic mass is 10.3. The Hall–Kier alpha value is -0.940. The van der Waals surface area contributed by atoms with E-state index in [-0.39, 0.29) is 0 Å². The van der Waals surface area contributed by atoms with Crippen LogP contribution in [0, 0.1) is 0 Å². The minimum Gasteiger partial charge on any atom is -0.491 e. The molecule has 2 aromatic rings. The molecule has 0 fully saturated rings. The number of benzene rings is 1. The fourth-order valence-corrected chi connectivity index (χ4v) is 2.27. The van der Waals surface area contributed by atoms with Crippen molar-refractivity contribution in [2.24, 2.45) is 0 Å². The third-order valence-electron chi connectivity index (χ3n) is 2.50. The maximum Gasteiger partial charge on any atom is 0.183 e. The van der Waals surface area contributed by atoms with E-state index in [1.807, 2.05) is 30.3 Å². The minimum absolute atomic E-state index is 0.608. The number of hydrogen-bond acceptors (Lipinski definition) is 3. The van der Waals surface area contributed by atoms with Crippen LogP contribution in [0.1, 0.15) is 19.1 Å². The predicted molar refractivity (Wildman–Crippen MR) is 83.7 cm³/mol. The first kappa shape index (κ1) is 14.5. The number of anilines is 1. The molecule has 5 heteroatoms. The number of rotatable bonds is 6. The second kappa shape index (κ2) is 7.01.